The van der Waals surface area contributed by atoms with Crippen molar-refractivity contribution in [2.75, 3.05) is 14.2 Å². The van der Waals surface area contributed by atoms with Crippen molar-refractivity contribution >= 4 is 16.7 Å². The van der Waals surface area contributed by atoms with Crippen LogP contribution < -0.4 is 4.74 Å². The molecule has 3 rings (SSSR count). The third-order valence-corrected chi connectivity index (χ3v) is 4.01. The van der Waals surface area contributed by atoms with E-state index >= 15 is 0 Å². The molecule has 0 aliphatic heterocycles. The van der Waals surface area contributed by atoms with Gasteiger partial charge in [-0.3, -0.25) is 0 Å². The molecule has 5 heteroatoms. The molecule has 0 radical (unpaired) electrons. The van der Waals surface area contributed by atoms with Crippen LogP contribution >= 0.6 is 0 Å². The van der Waals surface area contributed by atoms with Crippen LogP contribution in [0, 0.1) is 17.1 Å². The highest BCUT2D eigenvalue weighted by Gasteiger charge is 2.15. The zero-order valence-corrected chi connectivity index (χ0v) is 13.7. The minimum atomic E-state index is -0.496. The highest BCUT2D eigenvalue weighted by atomic mass is 19.1. The molecule has 0 heterocycles. The number of fused-ring (bicyclic) bond motifs is 1. The van der Waals surface area contributed by atoms with Gasteiger partial charge in [-0.1, -0.05) is 12.1 Å². The number of nitriles is 1. The Kier molecular flexibility index (Phi) is 4.36. The maximum absolute atomic E-state index is 14.2. The highest BCUT2D eigenvalue weighted by Crippen LogP contribution is 2.37. The van der Waals surface area contributed by atoms with Gasteiger partial charge in [0.2, 0.25) is 0 Å². The predicted molar refractivity (Wildman–Crippen MR) is 91.9 cm³/mol. The number of hydrogen-bond donors (Lipinski definition) is 0. The van der Waals surface area contributed by atoms with Crippen LogP contribution in [0.5, 0.6) is 5.75 Å². The van der Waals surface area contributed by atoms with Crippen LogP contribution in [0.25, 0.3) is 21.9 Å². The van der Waals surface area contributed by atoms with Crippen LogP contribution in [0.2, 0.25) is 0 Å². The number of hydrogen-bond acceptors (Lipinski definition) is 4. The van der Waals surface area contributed by atoms with E-state index in [2.05, 4.69) is 6.07 Å². The zero-order valence-electron chi connectivity index (χ0n) is 13.7. The van der Waals surface area contributed by atoms with E-state index in [0.29, 0.717) is 38.8 Å². The minimum absolute atomic E-state index is 0.328. The Bertz CT molecular complexity index is 1020. The number of methoxy groups -OCH3 is 2. The lowest BCUT2D eigenvalue weighted by Crippen LogP contribution is -2.01. The number of rotatable bonds is 3. The average molecular weight is 335 g/mol. The molecule has 0 bridgehead atoms. The summed E-state index contributed by atoms with van der Waals surface area (Å²) in [6.45, 7) is 0. The fraction of sp³-hybridized carbons (Fsp3) is 0.100. The summed E-state index contributed by atoms with van der Waals surface area (Å²) in [5, 5.41) is 9.99. The first-order valence-electron chi connectivity index (χ1n) is 7.48. The number of carbonyl (C=O) groups is 1. The molecule has 0 saturated carbocycles. The highest BCUT2D eigenvalue weighted by molar-refractivity contribution is 6.02. The molecule has 0 fully saturated rings. The first-order valence-corrected chi connectivity index (χ1v) is 7.48. The fourth-order valence-electron chi connectivity index (χ4n) is 2.77. The molecule has 124 valence electrons. The number of nitrogens with zero attached hydrogens (tertiary/aromatic N) is 1. The molecule has 0 aliphatic rings. The number of ether oxygens (including phenoxy) is 2. The van der Waals surface area contributed by atoms with Crippen molar-refractivity contribution in [3.8, 4) is 22.9 Å². The minimum Gasteiger partial charge on any atom is -0.496 e. The summed E-state index contributed by atoms with van der Waals surface area (Å²) in [6.07, 6.45) is 0. The average Bonchev–Trinajstić information content (AvgIpc) is 2.67. The van der Waals surface area contributed by atoms with E-state index in [9.17, 15) is 9.18 Å². The van der Waals surface area contributed by atoms with E-state index in [1.807, 2.05) is 0 Å². The first kappa shape index (κ1) is 16.5. The molecule has 0 atom stereocenters. The van der Waals surface area contributed by atoms with E-state index in [-0.39, 0.29) is 5.82 Å². The Morgan fingerprint density at radius 2 is 1.76 bits per heavy atom. The number of carbonyl (C=O) groups excluding carboxylic acids is 1. The molecule has 0 saturated heterocycles. The quantitative estimate of drug-likeness (QED) is 0.669. The van der Waals surface area contributed by atoms with E-state index < -0.39 is 5.97 Å². The summed E-state index contributed by atoms with van der Waals surface area (Å²) >= 11 is 0. The Morgan fingerprint density at radius 3 is 2.44 bits per heavy atom. The van der Waals surface area contributed by atoms with Crippen molar-refractivity contribution in [3.05, 3.63) is 65.5 Å². The van der Waals surface area contributed by atoms with Gasteiger partial charge < -0.3 is 9.47 Å². The summed E-state index contributed by atoms with van der Waals surface area (Å²) in [5.41, 5.74) is 2.19. The van der Waals surface area contributed by atoms with Crippen LogP contribution in [0.4, 0.5) is 4.39 Å². The van der Waals surface area contributed by atoms with E-state index in [1.165, 1.54) is 26.4 Å². The van der Waals surface area contributed by atoms with E-state index in [0.717, 1.165) is 0 Å². The lowest BCUT2D eigenvalue weighted by atomic mass is 9.95. The summed E-state index contributed by atoms with van der Waals surface area (Å²) in [7, 11) is 2.80. The molecule has 3 aromatic rings. The normalized spacial score (nSPS) is 10.3. The van der Waals surface area contributed by atoms with Gasteiger partial charge in [-0.25, -0.2) is 9.18 Å². The number of esters is 1. The largest absolute Gasteiger partial charge is 0.496 e. The van der Waals surface area contributed by atoms with Crippen molar-refractivity contribution in [3.63, 3.8) is 0 Å². The van der Waals surface area contributed by atoms with Gasteiger partial charge in [0, 0.05) is 10.9 Å². The van der Waals surface area contributed by atoms with Crippen molar-refractivity contribution in [1.29, 1.82) is 5.26 Å². The Hall–Kier alpha value is -3.39. The molecule has 4 nitrogen and oxygen atoms in total. The van der Waals surface area contributed by atoms with Gasteiger partial charge in [-0.15, -0.1) is 0 Å². The van der Waals surface area contributed by atoms with Crippen molar-refractivity contribution < 1.29 is 18.7 Å². The molecule has 25 heavy (non-hydrogen) atoms. The van der Waals surface area contributed by atoms with Crippen LogP contribution in [-0.4, -0.2) is 20.2 Å². The molecule has 0 aromatic heterocycles. The van der Waals surface area contributed by atoms with Crippen LogP contribution in [0.15, 0.2) is 48.5 Å². The maximum Gasteiger partial charge on any atom is 0.337 e. The van der Waals surface area contributed by atoms with Crippen LogP contribution in [0.3, 0.4) is 0 Å². The topological polar surface area (TPSA) is 59.3 Å². The van der Waals surface area contributed by atoms with Gasteiger partial charge in [0.15, 0.2) is 0 Å². The fourth-order valence-corrected chi connectivity index (χ4v) is 2.77. The van der Waals surface area contributed by atoms with Crippen molar-refractivity contribution in [2.45, 2.75) is 0 Å². The van der Waals surface area contributed by atoms with Gasteiger partial charge in [-0.2, -0.15) is 5.26 Å². The van der Waals surface area contributed by atoms with E-state index in [1.54, 1.807) is 36.4 Å². The second-order valence-electron chi connectivity index (χ2n) is 5.37. The third-order valence-electron chi connectivity index (χ3n) is 4.01. The van der Waals surface area contributed by atoms with E-state index in [4.69, 9.17) is 14.7 Å². The summed E-state index contributed by atoms with van der Waals surface area (Å²) in [4.78, 5) is 11.8. The molecule has 0 N–H and O–H groups in total. The molecule has 0 aliphatic carbocycles. The van der Waals surface area contributed by atoms with Gasteiger partial charge in [-0.05, 0) is 47.3 Å². The van der Waals surface area contributed by atoms with Crippen LogP contribution in [-0.2, 0) is 4.74 Å². The molecule has 0 amide bonds. The predicted octanol–water partition coefficient (Wildman–Crippen LogP) is 4.31. The number of halogens is 1. The third kappa shape index (κ3) is 2.90. The van der Waals surface area contributed by atoms with Gasteiger partial charge in [0.25, 0.3) is 0 Å². The smallest absolute Gasteiger partial charge is 0.337 e. The molecular weight excluding hydrogens is 321 g/mol. The standard InChI is InChI=1S/C20H14FNO3/c1-24-19-9-12(11-22)3-5-16(19)14-7-8-18(21)15-6-4-13(10-17(14)15)20(23)25-2/h3-10H,1-2H3. The van der Waals surface area contributed by atoms with Crippen LogP contribution in [0.1, 0.15) is 15.9 Å². The van der Waals surface area contributed by atoms with Gasteiger partial charge >= 0.3 is 5.97 Å². The Balaban J connectivity index is 2.31. The van der Waals surface area contributed by atoms with Gasteiger partial charge in [0.1, 0.15) is 11.6 Å². The zero-order chi connectivity index (χ0) is 18.0. The molecule has 3 aromatic carbocycles. The molecule has 0 unspecified atom stereocenters. The molecule has 0 spiro atoms. The Labute approximate surface area is 144 Å². The summed E-state index contributed by atoms with van der Waals surface area (Å²) < 4.78 is 24.3. The first-order chi connectivity index (χ1) is 12.1. The SMILES string of the molecule is COC(=O)c1ccc2c(F)ccc(-c3ccc(C#N)cc3OC)c2c1. The monoisotopic (exact) mass is 335 g/mol. The van der Waals surface area contributed by atoms with Crippen molar-refractivity contribution in [2.24, 2.45) is 0 Å². The lowest BCUT2D eigenvalue weighted by molar-refractivity contribution is 0.0601. The number of benzene rings is 3. The lowest BCUT2D eigenvalue weighted by Gasteiger charge is -2.13. The summed E-state index contributed by atoms with van der Waals surface area (Å²) in [6, 6.07) is 14.8. The summed E-state index contributed by atoms with van der Waals surface area (Å²) in [5.74, 6) is -0.387. The van der Waals surface area contributed by atoms with Crippen molar-refractivity contribution in [1.82, 2.24) is 0 Å². The van der Waals surface area contributed by atoms with Gasteiger partial charge in [0.05, 0.1) is 31.4 Å². The maximum atomic E-state index is 14.2. The Morgan fingerprint density at radius 1 is 1.00 bits per heavy atom. The molecular formula is C20H14FNO3. The second kappa shape index (κ2) is 6.62. The second-order valence-corrected chi connectivity index (χ2v) is 5.37.